The molecule has 3 rings (SSSR count). The molecule has 1 heterocycles. The van der Waals surface area contributed by atoms with Crippen LogP contribution in [0.4, 0.5) is 17.6 Å². The summed E-state index contributed by atoms with van der Waals surface area (Å²) in [5, 5.41) is 0.0175. The van der Waals surface area contributed by atoms with Gasteiger partial charge in [-0.1, -0.05) is 18.0 Å². The molecule has 1 aliphatic carbocycles. The van der Waals surface area contributed by atoms with E-state index in [9.17, 15) is 27.2 Å². The fourth-order valence-electron chi connectivity index (χ4n) is 3.93. The van der Waals surface area contributed by atoms with Crippen molar-refractivity contribution in [3.8, 4) is 0 Å². The minimum atomic E-state index is -4.27. The Labute approximate surface area is 165 Å². The maximum absolute atomic E-state index is 13.1. The summed E-state index contributed by atoms with van der Waals surface area (Å²) < 4.78 is 52.1. The molecule has 9 heteroatoms. The minimum absolute atomic E-state index is 0.0175. The summed E-state index contributed by atoms with van der Waals surface area (Å²) in [6.07, 6.45) is -3.49. The smallest absolute Gasteiger partial charge is 0.339 e. The highest BCUT2D eigenvalue weighted by Crippen LogP contribution is 2.40. The number of rotatable bonds is 2. The van der Waals surface area contributed by atoms with Crippen molar-refractivity contribution in [1.29, 1.82) is 0 Å². The molecule has 0 bridgehead atoms. The third-order valence-electron chi connectivity index (χ3n) is 5.53. The Morgan fingerprint density at radius 1 is 1.04 bits per heavy atom. The zero-order valence-corrected chi connectivity index (χ0v) is 15.9. The van der Waals surface area contributed by atoms with Gasteiger partial charge in [0.1, 0.15) is 5.82 Å². The van der Waals surface area contributed by atoms with Gasteiger partial charge in [0.15, 0.2) is 0 Å². The van der Waals surface area contributed by atoms with Gasteiger partial charge >= 0.3 is 6.18 Å². The van der Waals surface area contributed by atoms with Crippen LogP contribution in [0.3, 0.4) is 0 Å². The van der Waals surface area contributed by atoms with Gasteiger partial charge in [-0.2, -0.15) is 13.2 Å². The molecule has 0 radical (unpaired) electrons. The van der Waals surface area contributed by atoms with Crippen molar-refractivity contribution < 1.29 is 27.2 Å². The van der Waals surface area contributed by atoms with Crippen molar-refractivity contribution in [2.75, 3.05) is 26.2 Å². The Bertz CT molecular complexity index is 748. The number of amides is 2. The van der Waals surface area contributed by atoms with E-state index in [1.54, 1.807) is 4.90 Å². The molecule has 2 atom stereocenters. The molecule has 28 heavy (non-hydrogen) atoms. The van der Waals surface area contributed by atoms with Crippen molar-refractivity contribution in [2.24, 2.45) is 11.8 Å². The molecule has 0 spiro atoms. The van der Waals surface area contributed by atoms with E-state index in [-0.39, 0.29) is 61.4 Å². The highest BCUT2D eigenvalue weighted by Gasteiger charge is 2.44. The second-order valence-corrected chi connectivity index (χ2v) is 7.75. The first-order chi connectivity index (χ1) is 13.2. The lowest BCUT2D eigenvalue weighted by atomic mass is 9.80. The Kier molecular flexibility index (Phi) is 6.17. The predicted octanol–water partition coefficient (Wildman–Crippen LogP) is 4.13. The Morgan fingerprint density at radius 3 is 2.29 bits per heavy atom. The molecule has 2 aliphatic rings. The summed E-state index contributed by atoms with van der Waals surface area (Å²) in [6, 6.07) is 3.53. The molecule has 1 aromatic carbocycles. The third-order valence-corrected chi connectivity index (χ3v) is 5.84. The molecule has 2 unspecified atom stereocenters. The highest BCUT2D eigenvalue weighted by atomic mass is 35.5. The number of alkyl halides is 3. The molecule has 1 saturated heterocycles. The lowest BCUT2D eigenvalue weighted by Crippen LogP contribution is -2.52. The van der Waals surface area contributed by atoms with E-state index in [1.807, 2.05) is 0 Å². The summed E-state index contributed by atoms with van der Waals surface area (Å²) in [5.74, 6) is -3.19. The Balaban J connectivity index is 1.57. The average molecular weight is 421 g/mol. The van der Waals surface area contributed by atoms with Crippen LogP contribution < -0.4 is 0 Å². The predicted molar refractivity (Wildman–Crippen MR) is 95.4 cm³/mol. The lowest BCUT2D eigenvalue weighted by molar-refractivity contribution is -0.187. The van der Waals surface area contributed by atoms with Gasteiger partial charge < -0.3 is 9.80 Å². The first-order valence-corrected chi connectivity index (χ1v) is 9.64. The van der Waals surface area contributed by atoms with E-state index in [0.29, 0.717) is 12.8 Å². The zero-order chi connectivity index (χ0) is 20.5. The summed E-state index contributed by atoms with van der Waals surface area (Å²) in [4.78, 5) is 28.3. The second kappa shape index (κ2) is 8.27. The average Bonchev–Trinajstić information content (AvgIpc) is 2.66. The first kappa shape index (κ1) is 20.9. The van der Waals surface area contributed by atoms with Gasteiger partial charge in [0.2, 0.25) is 5.91 Å². The van der Waals surface area contributed by atoms with Crippen LogP contribution in [-0.4, -0.2) is 54.0 Å². The van der Waals surface area contributed by atoms with E-state index < -0.39 is 23.8 Å². The topological polar surface area (TPSA) is 40.6 Å². The van der Waals surface area contributed by atoms with E-state index in [1.165, 1.54) is 11.0 Å². The minimum Gasteiger partial charge on any atom is -0.339 e. The number of hydrogen-bond donors (Lipinski definition) is 0. The maximum atomic E-state index is 13.1. The number of carbonyl (C=O) groups excluding carboxylic acids is 2. The highest BCUT2D eigenvalue weighted by molar-refractivity contribution is 6.33. The van der Waals surface area contributed by atoms with Crippen LogP contribution in [-0.2, 0) is 4.79 Å². The van der Waals surface area contributed by atoms with Crippen LogP contribution in [0, 0.1) is 17.7 Å². The number of piperazine rings is 1. The van der Waals surface area contributed by atoms with Gasteiger partial charge in [0.05, 0.1) is 16.5 Å². The molecular weight excluding hydrogens is 400 g/mol. The van der Waals surface area contributed by atoms with E-state index in [0.717, 1.165) is 12.1 Å². The normalized spacial score (nSPS) is 23.6. The van der Waals surface area contributed by atoms with Crippen LogP contribution >= 0.6 is 11.6 Å². The monoisotopic (exact) mass is 420 g/mol. The summed E-state index contributed by atoms with van der Waals surface area (Å²) >= 11 is 5.93. The lowest BCUT2D eigenvalue weighted by Gasteiger charge is -2.38. The van der Waals surface area contributed by atoms with Crippen LogP contribution in [0.1, 0.15) is 36.0 Å². The van der Waals surface area contributed by atoms with E-state index >= 15 is 0 Å². The Hall–Kier alpha value is -1.83. The fraction of sp³-hybridized carbons (Fsp3) is 0.579. The number of carbonyl (C=O) groups is 2. The van der Waals surface area contributed by atoms with Crippen molar-refractivity contribution in [1.82, 2.24) is 9.80 Å². The Morgan fingerprint density at radius 2 is 1.68 bits per heavy atom. The van der Waals surface area contributed by atoms with Gasteiger partial charge in [0.25, 0.3) is 5.91 Å². The fourth-order valence-corrected chi connectivity index (χ4v) is 4.18. The molecule has 1 saturated carbocycles. The van der Waals surface area contributed by atoms with Crippen molar-refractivity contribution in [3.05, 3.63) is 34.6 Å². The van der Waals surface area contributed by atoms with Crippen molar-refractivity contribution in [3.63, 3.8) is 0 Å². The molecular formula is C19H21ClF4N2O2. The molecule has 0 N–H and O–H groups in total. The SMILES string of the molecule is O=C(c1ccc(F)cc1Cl)N1CCN(C(=O)C2CCCC(C(F)(F)F)C2)CC1. The van der Waals surface area contributed by atoms with Crippen molar-refractivity contribution in [2.45, 2.75) is 31.9 Å². The first-order valence-electron chi connectivity index (χ1n) is 9.26. The summed E-state index contributed by atoms with van der Waals surface area (Å²) in [5.41, 5.74) is 0.183. The van der Waals surface area contributed by atoms with Gasteiger partial charge in [-0.15, -0.1) is 0 Å². The molecule has 0 aromatic heterocycles. The van der Waals surface area contributed by atoms with Gasteiger partial charge in [-0.05, 0) is 37.5 Å². The van der Waals surface area contributed by atoms with E-state index in [2.05, 4.69) is 0 Å². The van der Waals surface area contributed by atoms with Crippen LogP contribution in [0.25, 0.3) is 0 Å². The van der Waals surface area contributed by atoms with Gasteiger partial charge in [-0.3, -0.25) is 9.59 Å². The molecule has 154 valence electrons. The molecule has 1 aliphatic heterocycles. The number of benzene rings is 1. The van der Waals surface area contributed by atoms with E-state index in [4.69, 9.17) is 11.6 Å². The molecule has 4 nitrogen and oxygen atoms in total. The largest absolute Gasteiger partial charge is 0.391 e. The van der Waals surface area contributed by atoms with Gasteiger partial charge in [0, 0.05) is 32.1 Å². The maximum Gasteiger partial charge on any atom is 0.391 e. The third kappa shape index (κ3) is 4.59. The van der Waals surface area contributed by atoms with Gasteiger partial charge in [-0.25, -0.2) is 4.39 Å². The molecule has 2 amide bonds. The summed E-state index contributed by atoms with van der Waals surface area (Å²) in [6.45, 7) is 1.04. The summed E-state index contributed by atoms with van der Waals surface area (Å²) in [7, 11) is 0. The quantitative estimate of drug-likeness (QED) is 0.675. The van der Waals surface area contributed by atoms with Crippen LogP contribution in [0.5, 0.6) is 0 Å². The zero-order valence-electron chi connectivity index (χ0n) is 15.1. The van der Waals surface area contributed by atoms with Crippen molar-refractivity contribution >= 4 is 23.4 Å². The second-order valence-electron chi connectivity index (χ2n) is 7.34. The standard InChI is InChI=1S/C19H21ClF4N2O2/c20-16-11-14(21)4-5-15(16)18(28)26-8-6-25(7-9-26)17(27)12-2-1-3-13(10-12)19(22,23)24/h4-5,11-13H,1-3,6-10H2. The number of hydrogen-bond acceptors (Lipinski definition) is 2. The molecule has 2 fully saturated rings. The number of halogens is 5. The molecule has 1 aromatic rings. The number of nitrogens with zero attached hydrogens (tertiary/aromatic N) is 2. The van der Waals surface area contributed by atoms with Crippen LogP contribution in [0.2, 0.25) is 5.02 Å². The van der Waals surface area contributed by atoms with Crippen LogP contribution in [0.15, 0.2) is 18.2 Å².